The number of hydroxylamine groups is 1. The number of carbonyl (C=O) groups is 1. The third-order valence-corrected chi connectivity index (χ3v) is 6.10. The maximum atomic E-state index is 14.2. The maximum absolute atomic E-state index is 14.2. The van der Waals surface area contributed by atoms with E-state index in [0.29, 0.717) is 10.2 Å². The van der Waals surface area contributed by atoms with Gasteiger partial charge in [0, 0.05) is 24.5 Å². The van der Waals surface area contributed by atoms with E-state index in [0.717, 1.165) is 0 Å². The minimum absolute atomic E-state index is 0.0507. The van der Waals surface area contributed by atoms with E-state index in [1.165, 1.54) is 67.4 Å². The van der Waals surface area contributed by atoms with Crippen LogP contribution in [0, 0.1) is 12.7 Å². The number of nitrogens with zero attached hydrogens (tertiary/aromatic N) is 3. The van der Waals surface area contributed by atoms with E-state index in [4.69, 9.17) is 4.84 Å². The first kappa shape index (κ1) is 22.3. The molecule has 1 heterocycles. The number of carbonyl (C=O) groups excluding carboxylic acids is 1. The zero-order chi connectivity index (χ0) is 22.8. The van der Waals surface area contributed by atoms with Crippen molar-refractivity contribution in [2.45, 2.75) is 11.8 Å². The van der Waals surface area contributed by atoms with Crippen molar-refractivity contribution in [3.8, 4) is 5.69 Å². The van der Waals surface area contributed by atoms with Crippen LogP contribution in [-0.2, 0) is 14.9 Å². The standard InChI is InChI=1S/C20H19FN4O5S/c1-13-12-18(26)19(23-25(13)17-7-5-4-6-16(17)21)20(27)22-14-8-10-15(11-9-14)31(28,29)24(2)30-3/h4-12H,1-3H3,(H,22,27). The fourth-order valence-electron chi connectivity index (χ4n) is 2.72. The summed E-state index contributed by atoms with van der Waals surface area (Å²) < 4.78 is 40.5. The second-order valence-electron chi connectivity index (χ2n) is 6.44. The van der Waals surface area contributed by atoms with Crippen molar-refractivity contribution in [3.05, 3.63) is 82.0 Å². The highest BCUT2D eigenvalue weighted by molar-refractivity contribution is 7.89. The minimum atomic E-state index is -3.84. The molecule has 0 aliphatic carbocycles. The van der Waals surface area contributed by atoms with Gasteiger partial charge in [-0.25, -0.2) is 17.5 Å². The monoisotopic (exact) mass is 446 g/mol. The van der Waals surface area contributed by atoms with Gasteiger partial charge in [-0.15, -0.1) is 0 Å². The molecule has 3 rings (SSSR count). The Labute approximate surface area is 177 Å². The molecular weight excluding hydrogens is 427 g/mol. The summed E-state index contributed by atoms with van der Waals surface area (Å²) in [4.78, 5) is 29.6. The molecule has 0 atom stereocenters. The van der Waals surface area contributed by atoms with E-state index in [1.54, 1.807) is 13.0 Å². The summed E-state index contributed by atoms with van der Waals surface area (Å²) in [6, 6.07) is 12.3. The molecule has 0 bridgehead atoms. The van der Waals surface area contributed by atoms with Gasteiger partial charge in [-0.2, -0.15) is 5.10 Å². The second kappa shape index (κ2) is 8.76. The fraction of sp³-hybridized carbons (Fsp3) is 0.150. The largest absolute Gasteiger partial charge is 0.320 e. The Morgan fingerprint density at radius 2 is 1.81 bits per heavy atom. The summed E-state index contributed by atoms with van der Waals surface area (Å²) in [6.45, 7) is 1.57. The summed E-state index contributed by atoms with van der Waals surface area (Å²) >= 11 is 0. The maximum Gasteiger partial charge on any atom is 0.280 e. The zero-order valence-corrected chi connectivity index (χ0v) is 17.7. The molecule has 0 saturated heterocycles. The lowest BCUT2D eigenvalue weighted by Gasteiger charge is -2.14. The number of amides is 1. The smallest absolute Gasteiger partial charge is 0.280 e. The number of rotatable bonds is 6. The SMILES string of the molecule is CON(C)S(=O)(=O)c1ccc(NC(=O)c2nn(-c3ccccc3F)c(C)cc2=O)cc1. The first-order chi connectivity index (χ1) is 14.6. The lowest BCUT2D eigenvalue weighted by atomic mass is 10.2. The van der Waals surface area contributed by atoms with Crippen molar-refractivity contribution in [2.24, 2.45) is 0 Å². The van der Waals surface area contributed by atoms with Gasteiger partial charge >= 0.3 is 0 Å². The third kappa shape index (κ3) is 4.53. The van der Waals surface area contributed by atoms with Crippen LogP contribution in [-0.4, -0.2) is 42.7 Å². The summed E-state index contributed by atoms with van der Waals surface area (Å²) in [5.74, 6) is -1.38. The molecule has 1 aromatic heterocycles. The van der Waals surface area contributed by atoms with Crippen LogP contribution in [0.5, 0.6) is 0 Å². The van der Waals surface area contributed by atoms with E-state index < -0.39 is 32.9 Å². The number of hydrogen-bond acceptors (Lipinski definition) is 6. The van der Waals surface area contributed by atoms with E-state index in [2.05, 4.69) is 10.4 Å². The van der Waals surface area contributed by atoms with Gasteiger partial charge in [0.1, 0.15) is 11.5 Å². The van der Waals surface area contributed by atoms with Crippen LogP contribution in [0.2, 0.25) is 0 Å². The van der Waals surface area contributed by atoms with Crippen LogP contribution < -0.4 is 10.7 Å². The lowest BCUT2D eigenvalue weighted by molar-refractivity contribution is -0.0258. The highest BCUT2D eigenvalue weighted by Gasteiger charge is 2.21. The van der Waals surface area contributed by atoms with Gasteiger partial charge in [0.25, 0.3) is 15.9 Å². The molecule has 0 aliphatic heterocycles. The minimum Gasteiger partial charge on any atom is -0.320 e. The topological polar surface area (TPSA) is 111 Å². The number of halogens is 1. The highest BCUT2D eigenvalue weighted by Crippen LogP contribution is 2.18. The van der Waals surface area contributed by atoms with Gasteiger partial charge in [-0.05, 0) is 43.3 Å². The van der Waals surface area contributed by atoms with Gasteiger partial charge in [0.2, 0.25) is 5.43 Å². The Morgan fingerprint density at radius 1 is 1.16 bits per heavy atom. The molecule has 2 aromatic carbocycles. The molecule has 162 valence electrons. The predicted octanol–water partition coefficient (Wildman–Crippen LogP) is 2.11. The Bertz CT molecular complexity index is 1290. The van der Waals surface area contributed by atoms with Crippen molar-refractivity contribution in [2.75, 3.05) is 19.5 Å². The molecule has 1 N–H and O–H groups in total. The first-order valence-electron chi connectivity index (χ1n) is 8.95. The van der Waals surface area contributed by atoms with E-state index in [-0.39, 0.29) is 16.3 Å². The quantitative estimate of drug-likeness (QED) is 0.581. The average Bonchev–Trinajstić information content (AvgIpc) is 2.74. The van der Waals surface area contributed by atoms with Gasteiger partial charge in [-0.3, -0.25) is 14.4 Å². The Kier molecular flexibility index (Phi) is 6.29. The zero-order valence-electron chi connectivity index (χ0n) is 16.9. The lowest BCUT2D eigenvalue weighted by Crippen LogP contribution is -2.27. The average molecular weight is 446 g/mol. The summed E-state index contributed by atoms with van der Waals surface area (Å²) in [6.07, 6.45) is 0. The molecular formula is C20H19FN4O5S. The summed E-state index contributed by atoms with van der Waals surface area (Å²) in [5, 5.41) is 6.51. The number of aromatic nitrogens is 2. The van der Waals surface area contributed by atoms with E-state index in [9.17, 15) is 22.4 Å². The van der Waals surface area contributed by atoms with Crippen molar-refractivity contribution >= 4 is 21.6 Å². The molecule has 0 unspecified atom stereocenters. The number of anilines is 1. The molecule has 3 aromatic rings. The molecule has 0 fully saturated rings. The van der Waals surface area contributed by atoms with Gasteiger partial charge in [-0.1, -0.05) is 16.6 Å². The van der Waals surface area contributed by atoms with Gasteiger partial charge in [0.15, 0.2) is 5.69 Å². The molecule has 9 nitrogen and oxygen atoms in total. The van der Waals surface area contributed by atoms with Crippen LogP contribution in [0.15, 0.2) is 64.3 Å². The molecule has 31 heavy (non-hydrogen) atoms. The van der Waals surface area contributed by atoms with Crippen LogP contribution in [0.4, 0.5) is 10.1 Å². The van der Waals surface area contributed by atoms with Crippen LogP contribution >= 0.6 is 0 Å². The van der Waals surface area contributed by atoms with Crippen molar-refractivity contribution in [1.29, 1.82) is 0 Å². The number of hydrogen-bond donors (Lipinski definition) is 1. The Hall–Kier alpha value is -3.41. The van der Waals surface area contributed by atoms with Gasteiger partial charge < -0.3 is 5.32 Å². The van der Waals surface area contributed by atoms with Crippen LogP contribution in [0.25, 0.3) is 5.69 Å². The molecule has 11 heteroatoms. The van der Waals surface area contributed by atoms with E-state index >= 15 is 0 Å². The number of aryl methyl sites for hydroxylation is 1. The van der Waals surface area contributed by atoms with Crippen molar-refractivity contribution in [3.63, 3.8) is 0 Å². The van der Waals surface area contributed by atoms with Crippen LogP contribution in [0.3, 0.4) is 0 Å². The third-order valence-electron chi connectivity index (χ3n) is 4.41. The summed E-state index contributed by atoms with van der Waals surface area (Å²) in [7, 11) is -1.38. The highest BCUT2D eigenvalue weighted by atomic mass is 32.2. The second-order valence-corrected chi connectivity index (χ2v) is 8.37. The Balaban J connectivity index is 1.90. The molecule has 0 spiro atoms. The fourth-order valence-corrected chi connectivity index (χ4v) is 3.69. The Morgan fingerprint density at radius 3 is 2.42 bits per heavy atom. The van der Waals surface area contributed by atoms with E-state index in [1.807, 2.05) is 0 Å². The molecule has 0 aliphatic rings. The first-order valence-corrected chi connectivity index (χ1v) is 10.4. The van der Waals surface area contributed by atoms with Gasteiger partial charge in [0.05, 0.1) is 12.0 Å². The number of benzene rings is 2. The van der Waals surface area contributed by atoms with Crippen molar-refractivity contribution < 1.29 is 22.4 Å². The number of nitrogens with one attached hydrogen (secondary N) is 1. The predicted molar refractivity (Wildman–Crippen MR) is 111 cm³/mol. The molecule has 0 saturated carbocycles. The molecule has 1 amide bonds. The number of sulfonamides is 1. The summed E-state index contributed by atoms with van der Waals surface area (Å²) in [5.41, 5.74) is -0.397. The molecule has 0 radical (unpaired) electrons. The normalized spacial score (nSPS) is 11.5. The van der Waals surface area contributed by atoms with Crippen molar-refractivity contribution in [1.82, 2.24) is 14.2 Å². The number of para-hydroxylation sites is 1. The van der Waals surface area contributed by atoms with Crippen LogP contribution in [0.1, 0.15) is 16.2 Å².